The molecule has 0 unspecified atom stereocenters. The van der Waals surface area contributed by atoms with Crippen LogP contribution >= 0.6 is 0 Å². The van der Waals surface area contributed by atoms with E-state index in [9.17, 15) is 18.4 Å². The lowest BCUT2D eigenvalue weighted by atomic mass is 10.0. The number of aromatic nitrogens is 3. The minimum Gasteiger partial charge on any atom is -0.474 e. The van der Waals surface area contributed by atoms with Crippen LogP contribution < -0.4 is 15.0 Å². The van der Waals surface area contributed by atoms with Crippen LogP contribution in [-0.4, -0.2) is 54.1 Å². The summed E-state index contributed by atoms with van der Waals surface area (Å²) >= 11 is 0. The number of halogens is 2. The standard InChI is InChI=1S/C19H18F2N6O4/c1-30-5-6-31-17-12(8-22)9-23-18(25-17)26-19(29)27-4-2-3-11-7-13(15(20)21)14(10-28)24-16(11)27/h7,9-10,15H,2-6H2,1H3,(H,23,25,26,29). The second kappa shape index (κ2) is 9.86. The van der Waals surface area contributed by atoms with Crippen molar-refractivity contribution in [2.75, 3.05) is 37.1 Å². The Bertz CT molecular complexity index is 1030. The Labute approximate surface area is 175 Å². The van der Waals surface area contributed by atoms with E-state index in [4.69, 9.17) is 14.7 Å². The molecule has 31 heavy (non-hydrogen) atoms. The zero-order valence-corrected chi connectivity index (χ0v) is 16.5. The summed E-state index contributed by atoms with van der Waals surface area (Å²) in [5.74, 6) is -0.0179. The topological polar surface area (TPSA) is 130 Å². The number of hydrogen-bond acceptors (Lipinski definition) is 8. The Kier molecular flexibility index (Phi) is 6.99. The Balaban J connectivity index is 1.84. The number of aldehydes is 1. The van der Waals surface area contributed by atoms with Gasteiger partial charge in [0.1, 0.15) is 29.8 Å². The van der Waals surface area contributed by atoms with Gasteiger partial charge in [0.25, 0.3) is 6.43 Å². The van der Waals surface area contributed by atoms with Gasteiger partial charge in [-0.1, -0.05) is 0 Å². The Morgan fingerprint density at radius 3 is 2.90 bits per heavy atom. The molecule has 0 aliphatic carbocycles. The third-order valence-electron chi connectivity index (χ3n) is 4.43. The molecule has 2 aromatic heterocycles. The number of urea groups is 1. The number of aryl methyl sites for hydroxylation is 1. The van der Waals surface area contributed by atoms with E-state index in [0.29, 0.717) is 18.4 Å². The van der Waals surface area contributed by atoms with Crippen molar-refractivity contribution >= 4 is 24.1 Å². The van der Waals surface area contributed by atoms with Gasteiger partial charge >= 0.3 is 6.03 Å². The van der Waals surface area contributed by atoms with E-state index in [1.54, 1.807) is 0 Å². The van der Waals surface area contributed by atoms with E-state index in [1.165, 1.54) is 24.3 Å². The molecule has 0 atom stereocenters. The maximum absolute atomic E-state index is 13.2. The van der Waals surface area contributed by atoms with Crippen LogP contribution in [0.1, 0.15) is 40.0 Å². The summed E-state index contributed by atoms with van der Waals surface area (Å²) in [4.78, 5) is 37.2. The fraction of sp³-hybridized carbons (Fsp3) is 0.368. The number of nitrogens with one attached hydrogen (secondary N) is 1. The Hall–Kier alpha value is -3.72. The van der Waals surface area contributed by atoms with Crippen molar-refractivity contribution in [2.45, 2.75) is 19.3 Å². The molecule has 3 rings (SSSR count). The van der Waals surface area contributed by atoms with Gasteiger partial charge in [-0.15, -0.1) is 0 Å². The van der Waals surface area contributed by atoms with Gasteiger partial charge in [-0.2, -0.15) is 10.2 Å². The molecule has 0 radical (unpaired) electrons. The number of amides is 2. The molecule has 0 saturated carbocycles. The normalized spacial score (nSPS) is 12.8. The quantitative estimate of drug-likeness (QED) is 0.522. The predicted octanol–water partition coefficient (Wildman–Crippen LogP) is 2.50. The van der Waals surface area contributed by atoms with Crippen molar-refractivity contribution in [2.24, 2.45) is 0 Å². The highest BCUT2D eigenvalue weighted by Gasteiger charge is 2.28. The highest BCUT2D eigenvalue weighted by Crippen LogP contribution is 2.31. The van der Waals surface area contributed by atoms with E-state index < -0.39 is 23.7 Å². The van der Waals surface area contributed by atoms with Gasteiger partial charge in [-0.25, -0.2) is 23.5 Å². The molecular formula is C19H18F2N6O4. The molecule has 162 valence electrons. The number of alkyl halides is 2. The van der Waals surface area contributed by atoms with Crippen LogP contribution in [0.4, 0.5) is 25.3 Å². The summed E-state index contributed by atoms with van der Waals surface area (Å²) in [6, 6.07) is 2.43. The molecule has 1 aliphatic heterocycles. The lowest BCUT2D eigenvalue weighted by Gasteiger charge is -2.28. The minimum absolute atomic E-state index is 0.0214. The molecule has 10 nitrogen and oxygen atoms in total. The number of nitriles is 1. The van der Waals surface area contributed by atoms with Gasteiger partial charge in [-0.05, 0) is 24.5 Å². The number of fused-ring (bicyclic) bond motifs is 1. The third kappa shape index (κ3) is 4.89. The first-order chi connectivity index (χ1) is 15.0. The number of ether oxygens (including phenoxy) is 2. The van der Waals surface area contributed by atoms with Crippen LogP contribution in [-0.2, 0) is 11.2 Å². The summed E-state index contributed by atoms with van der Waals surface area (Å²) < 4.78 is 36.6. The van der Waals surface area contributed by atoms with Gasteiger partial charge in [0.2, 0.25) is 11.8 Å². The van der Waals surface area contributed by atoms with E-state index in [-0.39, 0.29) is 49.3 Å². The van der Waals surface area contributed by atoms with E-state index in [1.807, 2.05) is 6.07 Å². The molecule has 2 amide bonds. The number of pyridine rings is 1. The highest BCUT2D eigenvalue weighted by atomic mass is 19.3. The molecule has 2 aromatic rings. The maximum Gasteiger partial charge on any atom is 0.329 e. The van der Waals surface area contributed by atoms with Crippen LogP contribution in [0.5, 0.6) is 5.88 Å². The second-order valence-corrected chi connectivity index (χ2v) is 6.41. The zero-order chi connectivity index (χ0) is 22.4. The number of hydrogen-bond donors (Lipinski definition) is 1. The minimum atomic E-state index is -2.86. The number of methoxy groups -OCH3 is 1. The van der Waals surface area contributed by atoms with E-state index in [0.717, 1.165) is 0 Å². The molecule has 3 heterocycles. The van der Waals surface area contributed by atoms with E-state index >= 15 is 0 Å². The summed E-state index contributed by atoms with van der Waals surface area (Å²) in [7, 11) is 1.49. The van der Waals surface area contributed by atoms with Gasteiger partial charge < -0.3 is 9.47 Å². The molecule has 1 N–H and O–H groups in total. The van der Waals surface area contributed by atoms with Crippen LogP contribution in [0.15, 0.2) is 12.3 Å². The predicted molar refractivity (Wildman–Crippen MR) is 103 cm³/mol. The van der Waals surface area contributed by atoms with Crippen molar-refractivity contribution in [1.82, 2.24) is 15.0 Å². The monoisotopic (exact) mass is 432 g/mol. The average molecular weight is 432 g/mol. The van der Waals surface area contributed by atoms with Crippen LogP contribution in [0.25, 0.3) is 0 Å². The fourth-order valence-corrected chi connectivity index (χ4v) is 2.99. The molecule has 0 fully saturated rings. The van der Waals surface area contributed by atoms with Gasteiger partial charge in [-0.3, -0.25) is 15.0 Å². The first-order valence-corrected chi connectivity index (χ1v) is 9.23. The van der Waals surface area contributed by atoms with Gasteiger partial charge in [0.05, 0.1) is 12.8 Å². The fourth-order valence-electron chi connectivity index (χ4n) is 2.99. The summed E-state index contributed by atoms with van der Waals surface area (Å²) in [5.41, 5.74) is -0.373. The van der Waals surface area contributed by atoms with E-state index in [2.05, 4.69) is 20.3 Å². The summed E-state index contributed by atoms with van der Waals surface area (Å²) in [6.07, 6.45) is -0.460. The third-order valence-corrected chi connectivity index (χ3v) is 4.43. The number of carbonyl (C=O) groups excluding carboxylic acids is 2. The van der Waals surface area contributed by atoms with Crippen molar-refractivity contribution < 1.29 is 27.8 Å². The smallest absolute Gasteiger partial charge is 0.329 e. The number of anilines is 2. The van der Waals surface area contributed by atoms with Crippen LogP contribution in [0, 0.1) is 11.3 Å². The van der Waals surface area contributed by atoms with Crippen molar-refractivity contribution in [1.29, 1.82) is 5.26 Å². The Morgan fingerprint density at radius 2 is 2.23 bits per heavy atom. The lowest BCUT2D eigenvalue weighted by Crippen LogP contribution is -2.40. The van der Waals surface area contributed by atoms with Crippen molar-refractivity contribution in [3.05, 3.63) is 34.6 Å². The lowest BCUT2D eigenvalue weighted by molar-refractivity contribution is 0.110. The first kappa shape index (κ1) is 22.0. The average Bonchev–Trinajstić information content (AvgIpc) is 2.78. The first-order valence-electron chi connectivity index (χ1n) is 9.23. The van der Waals surface area contributed by atoms with Crippen LogP contribution in [0.2, 0.25) is 0 Å². The molecule has 0 saturated heterocycles. The van der Waals surface area contributed by atoms with Crippen molar-refractivity contribution in [3.63, 3.8) is 0 Å². The Morgan fingerprint density at radius 1 is 1.42 bits per heavy atom. The van der Waals surface area contributed by atoms with Crippen LogP contribution in [0.3, 0.4) is 0 Å². The molecule has 0 spiro atoms. The summed E-state index contributed by atoms with van der Waals surface area (Å²) in [6.45, 7) is 0.665. The second-order valence-electron chi connectivity index (χ2n) is 6.41. The van der Waals surface area contributed by atoms with Gasteiger partial charge in [0.15, 0.2) is 6.29 Å². The number of rotatable bonds is 7. The molecule has 1 aliphatic rings. The maximum atomic E-state index is 13.2. The zero-order valence-electron chi connectivity index (χ0n) is 16.5. The number of nitrogens with zero attached hydrogens (tertiary/aromatic N) is 5. The number of carbonyl (C=O) groups is 2. The molecular weight excluding hydrogens is 414 g/mol. The van der Waals surface area contributed by atoms with Crippen molar-refractivity contribution in [3.8, 4) is 11.9 Å². The van der Waals surface area contributed by atoms with Gasteiger partial charge in [0, 0.05) is 19.2 Å². The molecule has 0 aromatic carbocycles. The molecule has 12 heteroatoms. The highest BCUT2D eigenvalue weighted by molar-refractivity contribution is 6.01. The SMILES string of the molecule is COCCOc1nc(NC(=O)N2CCCc3cc(C(F)F)c(C=O)nc32)ncc1C#N. The largest absolute Gasteiger partial charge is 0.474 e. The summed E-state index contributed by atoms with van der Waals surface area (Å²) in [5, 5.41) is 11.6. The molecule has 0 bridgehead atoms.